The van der Waals surface area contributed by atoms with Crippen LogP contribution in [0.25, 0.3) is 0 Å². The maximum absolute atomic E-state index is 11.2. The quantitative estimate of drug-likeness (QED) is 0.204. The number of carbonyl (C=O) groups excluding carboxylic acids is 1. The van der Waals surface area contributed by atoms with Crippen LogP contribution in [-0.4, -0.2) is 36.1 Å². The molecule has 0 saturated heterocycles. The van der Waals surface area contributed by atoms with E-state index in [0.29, 0.717) is 6.42 Å². The van der Waals surface area contributed by atoms with Crippen LogP contribution < -0.4 is 16.4 Å². The number of rotatable bonds is 5. The third-order valence-corrected chi connectivity index (χ3v) is 1.97. The molecule has 2 unspecified atom stereocenters. The van der Waals surface area contributed by atoms with Crippen LogP contribution in [0.3, 0.4) is 0 Å². The van der Waals surface area contributed by atoms with Crippen LogP contribution in [0.5, 0.6) is 0 Å². The van der Waals surface area contributed by atoms with Crippen LogP contribution >= 0.6 is 0 Å². The van der Waals surface area contributed by atoms with Crippen LogP contribution in [0.2, 0.25) is 0 Å². The molecule has 2 atom stereocenters. The maximum Gasteiger partial charge on any atom is 0.236 e. The third-order valence-electron chi connectivity index (χ3n) is 1.97. The fourth-order valence-corrected chi connectivity index (χ4v) is 1.08. The van der Waals surface area contributed by atoms with Gasteiger partial charge in [0, 0.05) is 7.05 Å². The number of nitrogens with zero attached hydrogens (tertiary/aromatic N) is 1. The van der Waals surface area contributed by atoms with Crippen LogP contribution in [0, 0.1) is 0 Å². The van der Waals surface area contributed by atoms with Crippen molar-refractivity contribution in [1.29, 1.82) is 0 Å². The van der Waals surface area contributed by atoms with Gasteiger partial charge < -0.3 is 16.3 Å². The van der Waals surface area contributed by atoms with E-state index in [1.54, 1.807) is 14.0 Å². The highest BCUT2D eigenvalue weighted by Crippen LogP contribution is 1.94. The number of nitrogens with two attached hydrogens (primary N) is 1. The molecule has 0 aromatic carbocycles. The smallest absolute Gasteiger partial charge is 0.236 e. The summed E-state index contributed by atoms with van der Waals surface area (Å²) in [5, 5.41) is 16.8. The second-order valence-electron chi connectivity index (χ2n) is 2.99. The molecule has 0 heterocycles. The molecule has 14 heavy (non-hydrogen) atoms. The van der Waals surface area contributed by atoms with E-state index in [2.05, 4.69) is 15.8 Å². The molecule has 0 spiro atoms. The first-order valence-electron chi connectivity index (χ1n) is 4.51. The molecule has 0 aromatic heterocycles. The maximum atomic E-state index is 11.2. The Bertz CT molecular complexity index is 217. The van der Waals surface area contributed by atoms with Crippen molar-refractivity contribution in [2.24, 2.45) is 10.9 Å². The van der Waals surface area contributed by atoms with E-state index >= 15 is 0 Å². The summed E-state index contributed by atoms with van der Waals surface area (Å²) in [5.74, 6) is -0.0440. The van der Waals surface area contributed by atoms with Gasteiger partial charge in [-0.1, -0.05) is 12.1 Å². The molecular formula is C8H18N4O2. The highest BCUT2D eigenvalue weighted by molar-refractivity contribution is 5.87. The average Bonchev–Trinajstić information content (AvgIpc) is 2.22. The molecule has 6 heteroatoms. The zero-order valence-electron chi connectivity index (χ0n) is 8.74. The Kier molecular flexibility index (Phi) is 5.62. The number of hydrogen-bond donors (Lipinski definition) is 4. The molecular weight excluding hydrogens is 184 g/mol. The van der Waals surface area contributed by atoms with Crippen molar-refractivity contribution < 1.29 is 10.0 Å². The van der Waals surface area contributed by atoms with Gasteiger partial charge in [-0.25, -0.2) is 0 Å². The van der Waals surface area contributed by atoms with E-state index in [1.165, 1.54) is 0 Å². The summed E-state index contributed by atoms with van der Waals surface area (Å²) in [6.45, 7) is 3.60. The summed E-state index contributed by atoms with van der Waals surface area (Å²) < 4.78 is 0. The standard InChI is InChI=1S/C8H18N4O2/c1-4-6(7(9)12-14)11-5(2)8(13)10-3/h5-6,11,14H,4H2,1-3H3,(H2,9,12)(H,10,13). The van der Waals surface area contributed by atoms with Gasteiger partial charge in [0.2, 0.25) is 5.91 Å². The van der Waals surface area contributed by atoms with Gasteiger partial charge in [-0.15, -0.1) is 0 Å². The van der Waals surface area contributed by atoms with Crippen LogP contribution in [0.1, 0.15) is 20.3 Å². The van der Waals surface area contributed by atoms with Crippen LogP contribution in [-0.2, 0) is 4.79 Å². The number of nitrogens with one attached hydrogen (secondary N) is 2. The largest absolute Gasteiger partial charge is 0.409 e. The van der Waals surface area contributed by atoms with E-state index in [9.17, 15) is 4.79 Å². The Morgan fingerprint density at radius 3 is 2.57 bits per heavy atom. The Morgan fingerprint density at radius 2 is 2.21 bits per heavy atom. The predicted molar refractivity (Wildman–Crippen MR) is 54.2 cm³/mol. The number of oxime groups is 1. The second-order valence-corrected chi connectivity index (χ2v) is 2.99. The Morgan fingerprint density at radius 1 is 1.64 bits per heavy atom. The van der Waals surface area contributed by atoms with Crippen molar-refractivity contribution in [1.82, 2.24) is 10.6 Å². The zero-order chi connectivity index (χ0) is 11.1. The van der Waals surface area contributed by atoms with Gasteiger partial charge in [0.15, 0.2) is 5.84 Å². The number of amides is 1. The lowest BCUT2D eigenvalue weighted by Gasteiger charge is -2.19. The minimum absolute atomic E-state index is 0.0863. The number of amidine groups is 1. The molecule has 0 bridgehead atoms. The molecule has 0 rings (SSSR count). The van der Waals surface area contributed by atoms with E-state index in [-0.39, 0.29) is 23.8 Å². The lowest BCUT2D eigenvalue weighted by Crippen LogP contribution is -2.50. The van der Waals surface area contributed by atoms with Gasteiger partial charge in [0.05, 0.1) is 12.1 Å². The van der Waals surface area contributed by atoms with Gasteiger partial charge in [0.1, 0.15) is 0 Å². The minimum Gasteiger partial charge on any atom is -0.409 e. The first kappa shape index (κ1) is 12.7. The van der Waals surface area contributed by atoms with E-state index in [1.807, 2.05) is 6.92 Å². The monoisotopic (exact) mass is 202 g/mol. The van der Waals surface area contributed by atoms with Crippen molar-refractivity contribution in [3.05, 3.63) is 0 Å². The van der Waals surface area contributed by atoms with Crippen molar-refractivity contribution in [3.63, 3.8) is 0 Å². The molecule has 0 saturated carbocycles. The molecule has 0 aromatic rings. The molecule has 0 fully saturated rings. The molecule has 0 aliphatic heterocycles. The Labute approximate surface area is 83.5 Å². The van der Waals surface area contributed by atoms with Crippen molar-refractivity contribution in [3.8, 4) is 0 Å². The van der Waals surface area contributed by atoms with Crippen LogP contribution in [0.4, 0.5) is 0 Å². The fourth-order valence-electron chi connectivity index (χ4n) is 1.08. The van der Waals surface area contributed by atoms with Gasteiger partial charge in [0.25, 0.3) is 0 Å². The summed E-state index contributed by atoms with van der Waals surface area (Å²) in [6.07, 6.45) is 0.650. The average molecular weight is 202 g/mol. The lowest BCUT2D eigenvalue weighted by molar-refractivity contribution is -0.122. The SMILES string of the molecule is CCC(NC(C)C(=O)NC)C(N)=NO. The van der Waals surface area contributed by atoms with Gasteiger partial charge in [-0.2, -0.15) is 0 Å². The zero-order valence-corrected chi connectivity index (χ0v) is 8.74. The molecule has 0 aliphatic carbocycles. The third kappa shape index (κ3) is 3.61. The van der Waals surface area contributed by atoms with Gasteiger partial charge >= 0.3 is 0 Å². The lowest BCUT2D eigenvalue weighted by atomic mass is 10.1. The fraction of sp³-hybridized carbons (Fsp3) is 0.750. The summed E-state index contributed by atoms with van der Waals surface area (Å²) >= 11 is 0. The molecule has 5 N–H and O–H groups in total. The molecule has 6 nitrogen and oxygen atoms in total. The summed E-state index contributed by atoms with van der Waals surface area (Å²) in [7, 11) is 1.56. The van der Waals surface area contributed by atoms with Crippen molar-refractivity contribution in [2.75, 3.05) is 7.05 Å². The summed E-state index contributed by atoms with van der Waals surface area (Å²) in [5.41, 5.74) is 5.42. The van der Waals surface area contributed by atoms with Gasteiger partial charge in [-0.3, -0.25) is 10.1 Å². The second kappa shape index (κ2) is 6.20. The molecule has 0 radical (unpaired) electrons. The highest BCUT2D eigenvalue weighted by Gasteiger charge is 2.18. The first-order chi connectivity index (χ1) is 6.56. The van der Waals surface area contributed by atoms with Crippen LogP contribution in [0.15, 0.2) is 5.16 Å². The van der Waals surface area contributed by atoms with E-state index < -0.39 is 0 Å². The normalized spacial score (nSPS) is 16.1. The minimum atomic E-state index is -0.370. The summed E-state index contributed by atoms with van der Waals surface area (Å²) in [4.78, 5) is 11.2. The van der Waals surface area contributed by atoms with Crippen molar-refractivity contribution >= 4 is 11.7 Å². The first-order valence-corrected chi connectivity index (χ1v) is 4.51. The molecule has 0 aliphatic rings. The van der Waals surface area contributed by atoms with Crippen molar-refractivity contribution in [2.45, 2.75) is 32.4 Å². The van der Waals surface area contributed by atoms with E-state index in [0.717, 1.165) is 0 Å². The molecule has 82 valence electrons. The number of likely N-dealkylation sites (N-methyl/N-ethyl adjacent to an activating group) is 1. The Hall–Kier alpha value is -1.30. The topological polar surface area (TPSA) is 99.7 Å². The number of carbonyl (C=O) groups is 1. The molecule has 1 amide bonds. The van der Waals surface area contributed by atoms with Gasteiger partial charge in [-0.05, 0) is 13.3 Å². The summed E-state index contributed by atoms with van der Waals surface area (Å²) in [6, 6.07) is -0.655. The van der Waals surface area contributed by atoms with E-state index in [4.69, 9.17) is 10.9 Å². The predicted octanol–water partition coefficient (Wildman–Crippen LogP) is -0.764. The number of hydrogen-bond acceptors (Lipinski definition) is 4. The Balaban J connectivity index is 4.25. The highest BCUT2D eigenvalue weighted by atomic mass is 16.4.